The molecular formula is C6H7ClO3. The van der Waals surface area contributed by atoms with Gasteiger partial charge in [0.25, 0.3) is 0 Å². The first kappa shape index (κ1) is 7.41. The van der Waals surface area contributed by atoms with Crippen LogP contribution in [0.2, 0.25) is 0 Å². The molecule has 1 aromatic rings. The summed E-state index contributed by atoms with van der Waals surface area (Å²) in [4.78, 5) is 10.4. The molecule has 0 spiro atoms. The normalized spacial score (nSPS) is 13.5. The highest BCUT2D eigenvalue weighted by Crippen LogP contribution is 2.21. The first-order valence-corrected chi connectivity index (χ1v) is 3.29. The van der Waals surface area contributed by atoms with Gasteiger partial charge in [0, 0.05) is 0 Å². The van der Waals surface area contributed by atoms with Crippen LogP contribution in [-0.2, 0) is 0 Å². The zero-order valence-corrected chi connectivity index (χ0v) is 6.44. The van der Waals surface area contributed by atoms with Crippen molar-refractivity contribution >= 4 is 11.6 Å². The van der Waals surface area contributed by atoms with Crippen molar-refractivity contribution in [2.24, 2.45) is 0 Å². The number of hydrogen-bond acceptors (Lipinski definition) is 3. The number of hydrogen-bond donors (Lipinski definition) is 0. The van der Waals surface area contributed by atoms with E-state index in [0.29, 0.717) is 11.5 Å². The molecule has 0 bridgehead atoms. The molecule has 0 saturated heterocycles. The maximum absolute atomic E-state index is 10.4. The van der Waals surface area contributed by atoms with Gasteiger partial charge in [-0.15, -0.1) is 11.6 Å². The van der Waals surface area contributed by atoms with E-state index in [4.69, 9.17) is 11.6 Å². The molecule has 0 aliphatic heterocycles. The Bertz CT molecular complexity index is 271. The van der Waals surface area contributed by atoms with Crippen LogP contribution in [-0.4, -0.2) is 0 Å². The van der Waals surface area contributed by atoms with E-state index in [1.807, 2.05) is 0 Å². The summed E-state index contributed by atoms with van der Waals surface area (Å²) in [6, 6.07) is 0. The minimum Gasteiger partial charge on any atom is -0.396 e. The third kappa shape index (κ3) is 1.24. The third-order valence-electron chi connectivity index (χ3n) is 1.14. The van der Waals surface area contributed by atoms with Crippen molar-refractivity contribution in [1.29, 1.82) is 0 Å². The average Bonchev–Trinajstić information content (AvgIpc) is 2.10. The first-order valence-electron chi connectivity index (χ1n) is 2.85. The van der Waals surface area contributed by atoms with E-state index in [2.05, 4.69) is 8.83 Å². The highest BCUT2D eigenvalue weighted by atomic mass is 35.5. The van der Waals surface area contributed by atoms with Gasteiger partial charge in [-0.1, -0.05) is 0 Å². The molecule has 0 amide bonds. The Balaban J connectivity index is 3.15. The second-order valence-corrected chi connectivity index (χ2v) is 2.65. The van der Waals surface area contributed by atoms with Crippen molar-refractivity contribution in [2.75, 3.05) is 0 Å². The SMILES string of the molecule is Cc1oc(=O)oc1C(C)Cl. The lowest BCUT2D eigenvalue weighted by Gasteiger charge is -1.93. The molecule has 1 atom stereocenters. The molecule has 1 unspecified atom stereocenters. The number of aryl methyl sites for hydroxylation is 1. The van der Waals surface area contributed by atoms with Crippen LogP contribution >= 0.6 is 11.6 Å². The van der Waals surface area contributed by atoms with Gasteiger partial charge >= 0.3 is 5.82 Å². The van der Waals surface area contributed by atoms with Crippen LogP contribution in [0.15, 0.2) is 13.6 Å². The van der Waals surface area contributed by atoms with Crippen LogP contribution in [0.4, 0.5) is 0 Å². The second-order valence-electron chi connectivity index (χ2n) is 1.99. The quantitative estimate of drug-likeness (QED) is 0.592. The molecule has 3 nitrogen and oxygen atoms in total. The molecule has 0 aromatic carbocycles. The predicted molar refractivity (Wildman–Crippen MR) is 36.2 cm³/mol. The van der Waals surface area contributed by atoms with Gasteiger partial charge in [-0.25, -0.2) is 4.79 Å². The minimum atomic E-state index is -0.694. The van der Waals surface area contributed by atoms with Gasteiger partial charge in [-0.3, -0.25) is 0 Å². The van der Waals surface area contributed by atoms with Crippen molar-refractivity contribution in [3.05, 3.63) is 22.1 Å². The van der Waals surface area contributed by atoms with Crippen LogP contribution < -0.4 is 5.82 Å². The minimum absolute atomic E-state index is 0.313. The molecule has 0 aliphatic carbocycles. The average molecular weight is 163 g/mol. The fraction of sp³-hybridized carbons (Fsp3) is 0.500. The largest absolute Gasteiger partial charge is 0.519 e. The molecule has 1 rings (SSSR count). The van der Waals surface area contributed by atoms with Crippen LogP contribution in [0.25, 0.3) is 0 Å². The van der Waals surface area contributed by atoms with Crippen LogP contribution in [0, 0.1) is 6.92 Å². The van der Waals surface area contributed by atoms with E-state index >= 15 is 0 Å². The summed E-state index contributed by atoms with van der Waals surface area (Å²) in [6.45, 7) is 3.35. The van der Waals surface area contributed by atoms with Gasteiger partial charge in [-0.05, 0) is 13.8 Å². The van der Waals surface area contributed by atoms with Gasteiger partial charge in [0.2, 0.25) is 0 Å². The standard InChI is InChI=1S/C6H7ClO3/c1-3(7)5-4(2)9-6(8)10-5/h3H,1-2H3. The Morgan fingerprint density at radius 3 is 2.30 bits per heavy atom. The highest BCUT2D eigenvalue weighted by molar-refractivity contribution is 6.20. The summed E-state index contributed by atoms with van der Waals surface area (Å²) in [5, 5.41) is -0.313. The first-order chi connectivity index (χ1) is 4.61. The topological polar surface area (TPSA) is 43.4 Å². The molecule has 1 aromatic heterocycles. The molecule has 0 N–H and O–H groups in total. The number of alkyl halides is 1. The molecule has 0 radical (unpaired) electrons. The lowest BCUT2D eigenvalue weighted by atomic mass is 10.3. The third-order valence-corrected chi connectivity index (χ3v) is 1.34. The Morgan fingerprint density at radius 1 is 1.50 bits per heavy atom. The molecule has 1 heterocycles. The summed E-state index contributed by atoms with van der Waals surface area (Å²) in [5.41, 5.74) is 0. The van der Waals surface area contributed by atoms with E-state index in [1.165, 1.54) is 0 Å². The van der Waals surface area contributed by atoms with Crippen LogP contribution in [0.5, 0.6) is 0 Å². The number of halogens is 1. The van der Waals surface area contributed by atoms with Crippen molar-refractivity contribution in [1.82, 2.24) is 0 Å². The van der Waals surface area contributed by atoms with E-state index in [1.54, 1.807) is 13.8 Å². The summed E-state index contributed by atoms with van der Waals surface area (Å²) in [5.74, 6) is 0.166. The van der Waals surface area contributed by atoms with E-state index < -0.39 is 5.82 Å². The Morgan fingerprint density at radius 2 is 2.10 bits per heavy atom. The van der Waals surface area contributed by atoms with Gasteiger partial charge in [0.15, 0.2) is 5.76 Å². The number of rotatable bonds is 1. The highest BCUT2D eigenvalue weighted by Gasteiger charge is 2.12. The van der Waals surface area contributed by atoms with Crippen molar-refractivity contribution in [3.63, 3.8) is 0 Å². The summed E-state index contributed by atoms with van der Waals surface area (Å²) in [7, 11) is 0. The van der Waals surface area contributed by atoms with Gasteiger partial charge in [-0.2, -0.15) is 0 Å². The van der Waals surface area contributed by atoms with Gasteiger partial charge in [0.1, 0.15) is 5.76 Å². The smallest absolute Gasteiger partial charge is 0.396 e. The monoisotopic (exact) mass is 162 g/mol. The Kier molecular flexibility index (Phi) is 1.85. The van der Waals surface area contributed by atoms with Crippen molar-refractivity contribution in [2.45, 2.75) is 19.2 Å². The summed E-state index contributed by atoms with van der Waals surface area (Å²) < 4.78 is 9.19. The van der Waals surface area contributed by atoms with Gasteiger partial charge in [0.05, 0.1) is 5.38 Å². The maximum Gasteiger partial charge on any atom is 0.519 e. The van der Waals surface area contributed by atoms with Crippen LogP contribution in [0.3, 0.4) is 0 Å². The molecule has 4 heteroatoms. The molecule has 56 valence electrons. The molecule has 0 fully saturated rings. The zero-order chi connectivity index (χ0) is 7.72. The van der Waals surface area contributed by atoms with Crippen LogP contribution in [0.1, 0.15) is 23.8 Å². The summed E-state index contributed by atoms with van der Waals surface area (Å²) in [6.07, 6.45) is 0. The molecular weight excluding hydrogens is 156 g/mol. The van der Waals surface area contributed by atoms with E-state index in [-0.39, 0.29) is 5.38 Å². The predicted octanol–water partition coefficient (Wildman–Crippen LogP) is 1.84. The van der Waals surface area contributed by atoms with Gasteiger partial charge < -0.3 is 8.83 Å². The maximum atomic E-state index is 10.4. The van der Waals surface area contributed by atoms with E-state index in [9.17, 15) is 4.79 Å². The second kappa shape index (κ2) is 2.50. The van der Waals surface area contributed by atoms with Crippen molar-refractivity contribution in [3.8, 4) is 0 Å². The lowest BCUT2D eigenvalue weighted by Crippen LogP contribution is -1.87. The van der Waals surface area contributed by atoms with E-state index in [0.717, 1.165) is 0 Å². The molecule has 10 heavy (non-hydrogen) atoms. The summed E-state index contributed by atoms with van der Waals surface area (Å²) >= 11 is 5.63. The lowest BCUT2D eigenvalue weighted by molar-refractivity contribution is 0.369. The fourth-order valence-electron chi connectivity index (χ4n) is 0.719. The Hall–Kier alpha value is -0.700. The van der Waals surface area contributed by atoms with Crippen molar-refractivity contribution < 1.29 is 8.83 Å². The zero-order valence-electron chi connectivity index (χ0n) is 5.68. The molecule has 0 aliphatic rings. The molecule has 0 saturated carbocycles. The fourth-order valence-corrected chi connectivity index (χ4v) is 0.917. The Labute approximate surface area is 62.6 Å².